The number of ketones is 1. The van der Waals surface area contributed by atoms with Crippen molar-refractivity contribution in [2.75, 3.05) is 21.3 Å². The van der Waals surface area contributed by atoms with Crippen molar-refractivity contribution >= 4 is 17.4 Å². The Hall–Kier alpha value is -3.48. The number of carbonyl (C=O) groups is 2. The minimum absolute atomic E-state index is 0.0259. The van der Waals surface area contributed by atoms with Crippen molar-refractivity contribution in [1.29, 1.82) is 0 Å². The van der Waals surface area contributed by atoms with Crippen LogP contribution in [0, 0.1) is 0 Å². The number of aliphatic hydroxyl groups excluding tert-OH is 1. The highest BCUT2D eigenvalue weighted by Crippen LogP contribution is 2.46. The number of ether oxygens (including phenoxy) is 3. The van der Waals surface area contributed by atoms with Crippen LogP contribution >= 0.6 is 0 Å². The quantitative estimate of drug-likeness (QED) is 0.417. The van der Waals surface area contributed by atoms with Gasteiger partial charge in [-0.25, -0.2) is 0 Å². The Morgan fingerprint density at radius 1 is 0.938 bits per heavy atom. The first-order valence-corrected chi connectivity index (χ1v) is 10.7. The van der Waals surface area contributed by atoms with Crippen LogP contribution in [0.1, 0.15) is 42.9 Å². The van der Waals surface area contributed by atoms with Crippen LogP contribution in [0.25, 0.3) is 5.76 Å². The second-order valence-corrected chi connectivity index (χ2v) is 7.96. The van der Waals surface area contributed by atoms with Crippen LogP contribution in [0.5, 0.6) is 17.2 Å². The zero-order valence-corrected chi connectivity index (χ0v) is 18.5. The van der Waals surface area contributed by atoms with Crippen LogP contribution in [0.4, 0.5) is 0 Å². The fourth-order valence-corrected chi connectivity index (χ4v) is 4.77. The van der Waals surface area contributed by atoms with Crippen LogP contribution in [0.3, 0.4) is 0 Å². The first-order valence-electron chi connectivity index (χ1n) is 10.7. The topological polar surface area (TPSA) is 85.3 Å². The Bertz CT molecular complexity index is 1050. The number of hydrogen-bond donors (Lipinski definition) is 1. The van der Waals surface area contributed by atoms with Crippen LogP contribution in [-0.4, -0.2) is 49.1 Å². The molecule has 2 aromatic rings. The van der Waals surface area contributed by atoms with E-state index in [1.165, 1.54) is 14.2 Å². The molecular weight excluding hydrogens is 410 g/mol. The van der Waals surface area contributed by atoms with Crippen molar-refractivity contribution in [3.63, 3.8) is 0 Å². The maximum atomic E-state index is 13.3. The molecule has 1 amide bonds. The van der Waals surface area contributed by atoms with E-state index in [0.29, 0.717) is 22.8 Å². The predicted molar refractivity (Wildman–Crippen MR) is 119 cm³/mol. The number of rotatable bonds is 6. The summed E-state index contributed by atoms with van der Waals surface area (Å²) in [5, 5.41) is 11.4. The number of amides is 1. The largest absolute Gasteiger partial charge is 0.506 e. The SMILES string of the molecule is COc1cccc(C2/C(=C(\O)c3c(OC)cccc3OC)C(=O)C(=O)N2C2CCCC2)c1. The minimum Gasteiger partial charge on any atom is -0.506 e. The number of nitrogens with zero attached hydrogens (tertiary/aromatic N) is 1. The molecule has 32 heavy (non-hydrogen) atoms. The lowest BCUT2D eigenvalue weighted by Gasteiger charge is -2.31. The molecule has 1 atom stereocenters. The summed E-state index contributed by atoms with van der Waals surface area (Å²) in [7, 11) is 4.51. The van der Waals surface area contributed by atoms with Gasteiger partial charge in [0.05, 0.1) is 32.9 Å². The van der Waals surface area contributed by atoms with Crippen LogP contribution < -0.4 is 14.2 Å². The highest BCUT2D eigenvalue weighted by atomic mass is 16.5. The number of Topliss-reactive ketones (excluding diaryl/α,β-unsaturated/α-hetero) is 1. The Kier molecular flexibility index (Phi) is 6.08. The van der Waals surface area contributed by atoms with Gasteiger partial charge in [0.2, 0.25) is 0 Å². The molecule has 1 aliphatic heterocycles. The van der Waals surface area contributed by atoms with Gasteiger partial charge < -0.3 is 24.2 Å². The number of likely N-dealkylation sites (tertiary alicyclic amines) is 1. The highest BCUT2D eigenvalue weighted by Gasteiger charge is 2.49. The van der Waals surface area contributed by atoms with Crippen molar-refractivity contribution in [2.45, 2.75) is 37.8 Å². The molecule has 1 aliphatic carbocycles. The minimum atomic E-state index is -0.734. The van der Waals surface area contributed by atoms with Gasteiger partial charge in [-0.3, -0.25) is 9.59 Å². The van der Waals surface area contributed by atoms with Crippen LogP contribution in [-0.2, 0) is 9.59 Å². The summed E-state index contributed by atoms with van der Waals surface area (Å²) < 4.78 is 16.2. The van der Waals surface area contributed by atoms with Gasteiger partial charge in [-0.1, -0.05) is 31.0 Å². The molecule has 168 valence electrons. The van der Waals surface area contributed by atoms with E-state index in [1.54, 1.807) is 42.3 Å². The van der Waals surface area contributed by atoms with Crippen molar-refractivity contribution < 1.29 is 28.9 Å². The van der Waals surface area contributed by atoms with Gasteiger partial charge in [0.1, 0.15) is 28.6 Å². The van der Waals surface area contributed by atoms with E-state index in [1.807, 2.05) is 12.1 Å². The van der Waals surface area contributed by atoms with E-state index in [0.717, 1.165) is 25.7 Å². The summed E-state index contributed by atoms with van der Waals surface area (Å²) >= 11 is 0. The normalized spacial score (nSPS) is 20.6. The average molecular weight is 437 g/mol. The van der Waals surface area contributed by atoms with E-state index >= 15 is 0 Å². The van der Waals surface area contributed by atoms with Crippen LogP contribution in [0.2, 0.25) is 0 Å². The number of hydrogen-bond acceptors (Lipinski definition) is 6. The second-order valence-electron chi connectivity index (χ2n) is 7.96. The maximum Gasteiger partial charge on any atom is 0.295 e. The Morgan fingerprint density at radius 3 is 2.16 bits per heavy atom. The molecule has 2 fully saturated rings. The molecule has 0 radical (unpaired) electrons. The van der Waals surface area contributed by atoms with Gasteiger partial charge in [-0.15, -0.1) is 0 Å². The number of benzene rings is 2. The molecule has 0 bridgehead atoms. The van der Waals surface area contributed by atoms with Crippen molar-refractivity contribution in [3.8, 4) is 17.2 Å². The van der Waals surface area contributed by atoms with Gasteiger partial charge in [0.25, 0.3) is 11.7 Å². The molecule has 1 saturated heterocycles. The lowest BCUT2D eigenvalue weighted by molar-refractivity contribution is -0.141. The first-order chi connectivity index (χ1) is 15.5. The summed E-state index contributed by atoms with van der Waals surface area (Å²) in [6.07, 6.45) is 3.65. The monoisotopic (exact) mass is 437 g/mol. The van der Waals surface area contributed by atoms with E-state index in [2.05, 4.69) is 0 Å². The predicted octanol–water partition coefficient (Wildman–Crippen LogP) is 4.08. The molecule has 1 unspecified atom stereocenters. The second kappa shape index (κ2) is 8.94. The Labute approximate surface area is 187 Å². The molecule has 0 aromatic heterocycles. The molecule has 7 nitrogen and oxygen atoms in total. The lowest BCUT2D eigenvalue weighted by Crippen LogP contribution is -2.37. The Morgan fingerprint density at radius 2 is 1.56 bits per heavy atom. The molecule has 1 saturated carbocycles. The summed E-state index contributed by atoms with van der Waals surface area (Å²) in [5.74, 6) is -0.327. The number of aliphatic hydroxyl groups is 1. The summed E-state index contributed by atoms with van der Waals surface area (Å²) in [4.78, 5) is 28.2. The standard InChI is InChI=1S/C25H27NO6/c1-30-17-11-6-8-15(14-17)22-21(24(28)25(29)26(22)16-9-4-5-10-16)23(27)20-18(31-2)12-7-13-19(20)32-3/h6-8,11-14,16,22,27H,4-5,9-10H2,1-3H3/b23-21+. The molecule has 0 spiro atoms. The first kappa shape index (κ1) is 21.7. The molecule has 7 heteroatoms. The zero-order valence-electron chi connectivity index (χ0n) is 18.5. The number of carbonyl (C=O) groups excluding carboxylic acids is 2. The summed E-state index contributed by atoms with van der Waals surface area (Å²) in [6, 6.07) is 11.5. The third-order valence-corrected chi connectivity index (χ3v) is 6.27. The lowest BCUT2D eigenvalue weighted by atomic mass is 9.94. The molecule has 2 aliphatic rings. The van der Waals surface area contributed by atoms with Gasteiger partial charge in [-0.2, -0.15) is 0 Å². The van der Waals surface area contributed by atoms with Gasteiger partial charge in [0.15, 0.2) is 0 Å². The van der Waals surface area contributed by atoms with Gasteiger partial charge >= 0.3 is 0 Å². The van der Waals surface area contributed by atoms with Crippen molar-refractivity contribution in [3.05, 3.63) is 59.2 Å². The van der Waals surface area contributed by atoms with Crippen LogP contribution in [0.15, 0.2) is 48.0 Å². The van der Waals surface area contributed by atoms with E-state index in [-0.39, 0.29) is 22.9 Å². The summed E-state index contributed by atoms with van der Waals surface area (Å²) in [6.45, 7) is 0. The third-order valence-electron chi connectivity index (χ3n) is 6.27. The van der Waals surface area contributed by atoms with E-state index in [4.69, 9.17) is 14.2 Å². The van der Waals surface area contributed by atoms with Gasteiger partial charge in [-0.05, 0) is 42.7 Å². The summed E-state index contributed by atoms with van der Waals surface area (Å²) in [5.41, 5.74) is 0.971. The van der Waals surface area contributed by atoms with Crippen molar-refractivity contribution in [1.82, 2.24) is 4.90 Å². The third kappa shape index (κ3) is 3.57. The Balaban J connectivity index is 1.96. The van der Waals surface area contributed by atoms with E-state index < -0.39 is 17.7 Å². The molecule has 1 N–H and O–H groups in total. The average Bonchev–Trinajstić information content (AvgIpc) is 3.44. The fraction of sp³-hybridized carbons (Fsp3) is 0.360. The number of methoxy groups -OCH3 is 3. The smallest absolute Gasteiger partial charge is 0.295 e. The molecule has 1 heterocycles. The molecular formula is C25H27NO6. The van der Waals surface area contributed by atoms with E-state index in [9.17, 15) is 14.7 Å². The maximum absolute atomic E-state index is 13.3. The zero-order chi connectivity index (χ0) is 22.8. The van der Waals surface area contributed by atoms with Crippen molar-refractivity contribution in [2.24, 2.45) is 0 Å². The van der Waals surface area contributed by atoms with Gasteiger partial charge in [0, 0.05) is 6.04 Å². The molecule has 2 aromatic carbocycles. The fourth-order valence-electron chi connectivity index (χ4n) is 4.77. The highest BCUT2D eigenvalue weighted by molar-refractivity contribution is 6.46. The molecule has 4 rings (SSSR count).